The van der Waals surface area contributed by atoms with Crippen LogP contribution in [-0.4, -0.2) is 10.2 Å². The molecule has 1 aliphatic carbocycles. The molecule has 1 rings (SSSR count). The van der Waals surface area contributed by atoms with E-state index in [4.69, 9.17) is 4.74 Å². The highest BCUT2D eigenvalue weighted by Gasteiger charge is 2.26. The van der Waals surface area contributed by atoms with Crippen LogP contribution in [0.1, 0.15) is 39.0 Å². The standard InChI is InChI=1S/C8H15IO/c1-8(10-7-9)5-3-2-4-6-8/h2-7H2,1H3. The van der Waals surface area contributed by atoms with Crippen LogP contribution in [0.25, 0.3) is 0 Å². The second-order valence-electron chi connectivity index (χ2n) is 3.26. The minimum absolute atomic E-state index is 0.222. The molecule has 0 aromatic carbocycles. The Hall–Kier alpha value is 0.690. The zero-order valence-corrected chi connectivity index (χ0v) is 8.69. The van der Waals surface area contributed by atoms with E-state index < -0.39 is 0 Å². The number of hydrogen-bond acceptors (Lipinski definition) is 1. The third-order valence-electron chi connectivity index (χ3n) is 2.31. The average molecular weight is 254 g/mol. The van der Waals surface area contributed by atoms with E-state index in [0.29, 0.717) is 0 Å². The van der Waals surface area contributed by atoms with E-state index in [9.17, 15) is 0 Å². The molecule has 0 radical (unpaired) electrons. The molecule has 0 aromatic rings. The van der Waals surface area contributed by atoms with Crippen molar-refractivity contribution in [3.05, 3.63) is 0 Å². The highest BCUT2D eigenvalue weighted by molar-refractivity contribution is 14.1. The van der Waals surface area contributed by atoms with Crippen LogP contribution in [0.5, 0.6) is 0 Å². The maximum Gasteiger partial charge on any atom is 0.0986 e. The lowest BCUT2D eigenvalue weighted by Gasteiger charge is -2.32. The van der Waals surface area contributed by atoms with Crippen molar-refractivity contribution < 1.29 is 4.74 Å². The molecule has 1 saturated carbocycles. The van der Waals surface area contributed by atoms with Gasteiger partial charge >= 0.3 is 0 Å². The average Bonchev–Trinajstić information content (AvgIpc) is 1.89. The molecule has 0 saturated heterocycles. The van der Waals surface area contributed by atoms with Crippen molar-refractivity contribution in [1.82, 2.24) is 0 Å². The van der Waals surface area contributed by atoms with Crippen molar-refractivity contribution >= 4 is 22.6 Å². The fourth-order valence-corrected chi connectivity index (χ4v) is 2.33. The van der Waals surface area contributed by atoms with Gasteiger partial charge in [-0.15, -0.1) is 0 Å². The zero-order valence-electron chi connectivity index (χ0n) is 6.53. The summed E-state index contributed by atoms with van der Waals surface area (Å²) in [6.07, 6.45) is 6.63. The topological polar surface area (TPSA) is 9.23 Å². The lowest BCUT2D eigenvalue weighted by atomic mass is 9.86. The Kier molecular flexibility index (Phi) is 3.43. The van der Waals surface area contributed by atoms with Gasteiger partial charge in [0, 0.05) is 0 Å². The van der Waals surface area contributed by atoms with E-state index in [1.54, 1.807) is 0 Å². The molecule has 1 nitrogen and oxygen atoms in total. The third kappa shape index (κ3) is 2.38. The van der Waals surface area contributed by atoms with Gasteiger partial charge in [0.05, 0.1) is 10.2 Å². The molecular formula is C8H15IO. The SMILES string of the molecule is CC1(OCI)CCCCC1. The van der Waals surface area contributed by atoms with E-state index in [-0.39, 0.29) is 5.60 Å². The first-order valence-electron chi connectivity index (χ1n) is 3.97. The molecule has 0 aromatic heterocycles. The Balaban J connectivity index is 2.32. The van der Waals surface area contributed by atoms with Gasteiger partial charge in [-0.2, -0.15) is 0 Å². The quantitative estimate of drug-likeness (QED) is 0.543. The Morgan fingerprint density at radius 3 is 2.40 bits per heavy atom. The molecule has 1 fully saturated rings. The highest BCUT2D eigenvalue weighted by atomic mass is 127. The van der Waals surface area contributed by atoms with Crippen molar-refractivity contribution in [2.75, 3.05) is 4.61 Å². The van der Waals surface area contributed by atoms with Gasteiger partial charge in [-0.25, -0.2) is 0 Å². The lowest BCUT2D eigenvalue weighted by molar-refractivity contribution is -0.0274. The van der Waals surface area contributed by atoms with Crippen LogP contribution in [-0.2, 0) is 4.74 Å². The number of ether oxygens (including phenoxy) is 1. The van der Waals surface area contributed by atoms with Crippen LogP contribution in [0.15, 0.2) is 0 Å². The minimum atomic E-state index is 0.222. The summed E-state index contributed by atoms with van der Waals surface area (Å²) >= 11 is 2.28. The zero-order chi connectivity index (χ0) is 7.45. The highest BCUT2D eigenvalue weighted by Crippen LogP contribution is 2.31. The van der Waals surface area contributed by atoms with E-state index >= 15 is 0 Å². The molecule has 0 atom stereocenters. The van der Waals surface area contributed by atoms with Crippen LogP contribution in [0.2, 0.25) is 0 Å². The van der Waals surface area contributed by atoms with Crippen molar-refractivity contribution in [1.29, 1.82) is 0 Å². The predicted octanol–water partition coefficient (Wildman–Crippen LogP) is 3.12. The number of rotatable bonds is 2. The molecule has 0 heterocycles. The molecule has 2 heteroatoms. The molecule has 0 unspecified atom stereocenters. The second kappa shape index (κ2) is 3.90. The van der Waals surface area contributed by atoms with Crippen LogP contribution in [0.3, 0.4) is 0 Å². The van der Waals surface area contributed by atoms with Crippen LogP contribution in [0, 0.1) is 0 Å². The summed E-state index contributed by atoms with van der Waals surface area (Å²) in [6.45, 7) is 2.24. The molecule has 10 heavy (non-hydrogen) atoms. The monoisotopic (exact) mass is 254 g/mol. The largest absolute Gasteiger partial charge is 0.365 e. The molecule has 0 bridgehead atoms. The third-order valence-corrected chi connectivity index (χ3v) is 2.63. The fraction of sp³-hybridized carbons (Fsp3) is 1.00. The molecule has 0 N–H and O–H groups in total. The Morgan fingerprint density at radius 1 is 1.30 bits per heavy atom. The lowest BCUT2D eigenvalue weighted by Crippen LogP contribution is -2.30. The van der Waals surface area contributed by atoms with Gasteiger partial charge < -0.3 is 4.74 Å². The summed E-state index contributed by atoms with van der Waals surface area (Å²) in [5.41, 5.74) is 0.222. The first-order valence-corrected chi connectivity index (χ1v) is 5.49. The Morgan fingerprint density at radius 2 is 1.90 bits per heavy atom. The smallest absolute Gasteiger partial charge is 0.0986 e. The van der Waals surface area contributed by atoms with Gasteiger partial charge in [-0.1, -0.05) is 41.9 Å². The van der Waals surface area contributed by atoms with Gasteiger partial charge in [0.1, 0.15) is 0 Å². The van der Waals surface area contributed by atoms with Crippen molar-refractivity contribution in [3.63, 3.8) is 0 Å². The van der Waals surface area contributed by atoms with Crippen molar-refractivity contribution in [2.24, 2.45) is 0 Å². The maximum absolute atomic E-state index is 5.66. The first kappa shape index (κ1) is 8.78. The molecule has 1 aliphatic rings. The minimum Gasteiger partial charge on any atom is -0.365 e. The second-order valence-corrected chi connectivity index (χ2v) is 3.89. The van der Waals surface area contributed by atoms with Crippen molar-refractivity contribution in [2.45, 2.75) is 44.6 Å². The summed E-state index contributed by atoms with van der Waals surface area (Å²) < 4.78 is 6.50. The molecular weight excluding hydrogens is 239 g/mol. The van der Waals surface area contributed by atoms with Gasteiger partial charge in [0.25, 0.3) is 0 Å². The molecule has 0 spiro atoms. The summed E-state index contributed by atoms with van der Waals surface area (Å²) in [5, 5.41) is 0. The Labute approximate surface area is 76.7 Å². The van der Waals surface area contributed by atoms with E-state index in [2.05, 4.69) is 29.5 Å². The maximum atomic E-state index is 5.66. The van der Waals surface area contributed by atoms with Gasteiger partial charge in [-0.3, -0.25) is 0 Å². The van der Waals surface area contributed by atoms with Crippen LogP contribution < -0.4 is 0 Å². The van der Waals surface area contributed by atoms with Crippen molar-refractivity contribution in [3.8, 4) is 0 Å². The number of halogens is 1. The predicted molar refractivity (Wildman–Crippen MR) is 51.5 cm³/mol. The summed E-state index contributed by atoms with van der Waals surface area (Å²) in [7, 11) is 0. The van der Waals surface area contributed by atoms with E-state index in [0.717, 1.165) is 4.61 Å². The number of alkyl halides is 1. The number of hydrogen-bond donors (Lipinski definition) is 0. The van der Waals surface area contributed by atoms with E-state index in [1.165, 1.54) is 32.1 Å². The van der Waals surface area contributed by atoms with Gasteiger partial charge in [-0.05, 0) is 19.8 Å². The normalized spacial score (nSPS) is 24.6. The Bertz CT molecular complexity index is 91.9. The molecule has 0 amide bonds. The molecule has 60 valence electrons. The fourth-order valence-electron chi connectivity index (χ4n) is 1.58. The summed E-state index contributed by atoms with van der Waals surface area (Å²) in [5.74, 6) is 0. The molecule has 0 aliphatic heterocycles. The van der Waals surface area contributed by atoms with E-state index in [1.807, 2.05) is 0 Å². The van der Waals surface area contributed by atoms with Crippen LogP contribution >= 0.6 is 22.6 Å². The summed E-state index contributed by atoms with van der Waals surface area (Å²) in [6, 6.07) is 0. The first-order chi connectivity index (χ1) is 4.77. The van der Waals surface area contributed by atoms with Gasteiger partial charge in [0.2, 0.25) is 0 Å². The summed E-state index contributed by atoms with van der Waals surface area (Å²) in [4.78, 5) is 0. The van der Waals surface area contributed by atoms with Crippen LogP contribution in [0.4, 0.5) is 0 Å². The van der Waals surface area contributed by atoms with Gasteiger partial charge in [0.15, 0.2) is 0 Å².